The van der Waals surface area contributed by atoms with Gasteiger partial charge in [0.05, 0.1) is 13.2 Å². The average Bonchev–Trinajstić information content (AvgIpc) is 3.39. The van der Waals surface area contributed by atoms with Crippen LogP contribution in [-0.4, -0.2) is 59.3 Å². The van der Waals surface area contributed by atoms with Crippen LogP contribution in [-0.2, 0) is 16.0 Å². The first-order valence-electron chi connectivity index (χ1n) is 12.1. The van der Waals surface area contributed by atoms with Crippen molar-refractivity contribution in [3.8, 4) is 11.8 Å². The first kappa shape index (κ1) is 22.9. The molecule has 1 unspecified atom stereocenters. The number of aromatic nitrogens is 2. The van der Waals surface area contributed by atoms with Crippen LogP contribution >= 0.6 is 0 Å². The number of nitrogens with zero attached hydrogens (tertiary/aromatic N) is 4. The number of nitro groups is 1. The van der Waals surface area contributed by atoms with Crippen LogP contribution in [0.25, 0.3) is 0 Å². The second-order valence-electron chi connectivity index (χ2n) is 9.66. The van der Waals surface area contributed by atoms with Crippen LogP contribution < -0.4 is 14.4 Å². The van der Waals surface area contributed by atoms with Crippen molar-refractivity contribution in [2.75, 3.05) is 37.8 Å². The lowest BCUT2D eigenvalue weighted by molar-refractivity contribution is -0.389. The molecule has 184 valence electrons. The first-order valence-corrected chi connectivity index (χ1v) is 12.1. The van der Waals surface area contributed by atoms with Gasteiger partial charge in [-0.15, -0.1) is 0 Å². The van der Waals surface area contributed by atoms with E-state index in [1.165, 1.54) is 18.3 Å². The summed E-state index contributed by atoms with van der Waals surface area (Å²) in [6, 6.07) is 8.40. The van der Waals surface area contributed by atoms with Gasteiger partial charge in [0.15, 0.2) is 11.9 Å². The van der Waals surface area contributed by atoms with Crippen molar-refractivity contribution < 1.29 is 23.9 Å². The number of rotatable bonds is 8. The molecule has 5 rings (SSSR count). The maximum Gasteiger partial charge on any atom is 0.415 e. The summed E-state index contributed by atoms with van der Waals surface area (Å²) in [5.41, 5.74) is 0.570. The summed E-state index contributed by atoms with van der Waals surface area (Å²) in [4.78, 5) is 16.7. The average molecular weight is 473 g/mol. The van der Waals surface area contributed by atoms with E-state index in [0.29, 0.717) is 19.1 Å². The molecule has 2 atom stereocenters. The second-order valence-corrected chi connectivity index (χ2v) is 9.66. The Bertz CT molecular complexity index is 956. The van der Waals surface area contributed by atoms with E-state index in [9.17, 15) is 10.1 Å². The molecular formula is C24H32N4O6. The van der Waals surface area contributed by atoms with E-state index in [0.717, 1.165) is 57.7 Å². The van der Waals surface area contributed by atoms with Crippen molar-refractivity contribution in [2.24, 2.45) is 5.92 Å². The largest absolute Gasteiger partial charge is 0.489 e. The lowest BCUT2D eigenvalue weighted by Gasteiger charge is -2.34. The molecule has 34 heavy (non-hydrogen) atoms. The maximum absolute atomic E-state index is 10.9. The zero-order valence-electron chi connectivity index (χ0n) is 19.6. The Morgan fingerprint density at radius 1 is 1.21 bits per heavy atom. The van der Waals surface area contributed by atoms with Crippen molar-refractivity contribution in [2.45, 2.75) is 57.5 Å². The van der Waals surface area contributed by atoms with Crippen LogP contribution in [0.1, 0.15) is 39.0 Å². The van der Waals surface area contributed by atoms with Gasteiger partial charge in [-0.2, -0.15) is 0 Å². The zero-order chi connectivity index (χ0) is 23.5. The monoisotopic (exact) mass is 472 g/mol. The summed E-state index contributed by atoms with van der Waals surface area (Å²) in [7, 11) is 0. The first-order chi connectivity index (χ1) is 16.5. The third-order valence-electron chi connectivity index (χ3n) is 6.77. The molecule has 2 aromatic rings. The fourth-order valence-corrected chi connectivity index (χ4v) is 4.79. The molecule has 0 spiro atoms. The summed E-state index contributed by atoms with van der Waals surface area (Å²) in [6.45, 7) is 6.33. The van der Waals surface area contributed by atoms with Crippen LogP contribution in [0.15, 0.2) is 30.5 Å². The summed E-state index contributed by atoms with van der Waals surface area (Å²) in [6.07, 6.45) is 7.00. The van der Waals surface area contributed by atoms with Crippen LogP contribution in [0, 0.1) is 16.0 Å². The third kappa shape index (κ3) is 5.28. The highest BCUT2D eigenvalue weighted by molar-refractivity contribution is 5.49. The van der Waals surface area contributed by atoms with Gasteiger partial charge in [0, 0.05) is 30.4 Å². The summed E-state index contributed by atoms with van der Waals surface area (Å²) < 4.78 is 25.1. The quantitative estimate of drug-likeness (QED) is 0.423. The Morgan fingerprint density at radius 2 is 2.00 bits per heavy atom. The predicted molar refractivity (Wildman–Crippen MR) is 124 cm³/mol. The minimum atomic E-state index is -0.622. The highest BCUT2D eigenvalue weighted by atomic mass is 16.7. The van der Waals surface area contributed by atoms with Crippen LogP contribution in [0.5, 0.6) is 11.8 Å². The highest BCUT2D eigenvalue weighted by Crippen LogP contribution is 2.32. The molecule has 1 aromatic carbocycles. The number of ether oxygens (including phenoxy) is 4. The molecule has 0 amide bonds. The smallest absolute Gasteiger partial charge is 0.415 e. The van der Waals surface area contributed by atoms with Crippen molar-refractivity contribution in [1.29, 1.82) is 0 Å². The number of anilines is 1. The van der Waals surface area contributed by atoms with E-state index in [1.807, 2.05) is 19.1 Å². The van der Waals surface area contributed by atoms with E-state index in [2.05, 4.69) is 22.0 Å². The number of hydrogen-bond donors (Lipinski definition) is 0. The van der Waals surface area contributed by atoms with Gasteiger partial charge >= 0.3 is 11.8 Å². The Kier molecular flexibility index (Phi) is 6.60. The molecule has 0 aliphatic carbocycles. The van der Waals surface area contributed by atoms with Crippen LogP contribution in [0.2, 0.25) is 0 Å². The molecule has 1 aromatic heterocycles. The molecule has 0 N–H and O–H groups in total. The normalized spacial score (nSPS) is 25.1. The molecule has 2 saturated heterocycles. The summed E-state index contributed by atoms with van der Waals surface area (Å²) >= 11 is 0. The summed E-state index contributed by atoms with van der Waals surface area (Å²) in [5, 5.41) is 10.9. The summed E-state index contributed by atoms with van der Waals surface area (Å²) in [5.74, 6) is 1.15. The SMILES string of the molecule is CC1(COc2ccc(N3CCC(CO[C@@H]4CCCCO4)CC3)cc2)Cn2cc([N+](=O)[O-])nc2O1. The molecule has 4 heterocycles. The molecule has 3 aliphatic rings. The van der Waals surface area contributed by atoms with Gasteiger partial charge in [0.1, 0.15) is 18.6 Å². The molecule has 0 bridgehead atoms. The predicted octanol–water partition coefficient (Wildman–Crippen LogP) is 3.78. The fourth-order valence-electron chi connectivity index (χ4n) is 4.79. The Hall–Kier alpha value is -2.85. The number of hydrogen-bond acceptors (Lipinski definition) is 8. The maximum atomic E-state index is 10.9. The molecule has 0 radical (unpaired) electrons. The fraction of sp³-hybridized carbons (Fsp3) is 0.625. The van der Waals surface area contributed by atoms with E-state index in [4.69, 9.17) is 18.9 Å². The Balaban J connectivity index is 1.06. The van der Waals surface area contributed by atoms with Crippen molar-refractivity contribution in [3.05, 3.63) is 40.6 Å². The van der Waals surface area contributed by atoms with Crippen molar-refractivity contribution in [3.63, 3.8) is 0 Å². The van der Waals surface area contributed by atoms with Gasteiger partial charge in [-0.25, -0.2) is 0 Å². The lowest BCUT2D eigenvalue weighted by atomic mass is 9.97. The third-order valence-corrected chi connectivity index (χ3v) is 6.77. The second kappa shape index (κ2) is 9.79. The molecule has 10 heteroatoms. The number of imidazole rings is 1. The van der Waals surface area contributed by atoms with E-state index >= 15 is 0 Å². The number of fused-ring (bicyclic) bond motifs is 1. The van der Waals surface area contributed by atoms with E-state index < -0.39 is 10.5 Å². The van der Waals surface area contributed by atoms with Crippen molar-refractivity contribution >= 4 is 11.5 Å². The molecule has 3 aliphatic heterocycles. The molecular weight excluding hydrogens is 440 g/mol. The van der Waals surface area contributed by atoms with Crippen LogP contribution in [0.4, 0.5) is 11.5 Å². The van der Waals surface area contributed by atoms with E-state index in [-0.39, 0.29) is 18.1 Å². The van der Waals surface area contributed by atoms with Crippen molar-refractivity contribution in [1.82, 2.24) is 9.55 Å². The highest BCUT2D eigenvalue weighted by Gasteiger charge is 2.41. The molecule has 10 nitrogen and oxygen atoms in total. The lowest BCUT2D eigenvalue weighted by Crippen LogP contribution is -2.38. The van der Waals surface area contributed by atoms with Gasteiger partial charge in [0.2, 0.25) is 0 Å². The number of benzene rings is 1. The minimum Gasteiger partial charge on any atom is -0.489 e. The van der Waals surface area contributed by atoms with Gasteiger partial charge in [-0.05, 0) is 74.1 Å². The standard InChI is InChI=1S/C24H32N4O6/c1-24(16-27-14-21(28(29)30)25-23(27)34-24)17-33-20-7-5-19(6-8-20)26-11-9-18(10-12-26)15-32-22-4-2-3-13-31-22/h5-8,14,18,22H,2-4,9-13,15-17H2,1H3/t22-,24?/m1/s1. The van der Waals surface area contributed by atoms with Gasteiger partial charge in [-0.3, -0.25) is 4.57 Å². The number of piperidine rings is 1. The van der Waals surface area contributed by atoms with E-state index in [1.54, 1.807) is 4.57 Å². The Morgan fingerprint density at radius 3 is 2.68 bits per heavy atom. The zero-order valence-corrected chi connectivity index (χ0v) is 19.6. The van der Waals surface area contributed by atoms with Crippen LogP contribution in [0.3, 0.4) is 0 Å². The molecule has 2 fully saturated rings. The van der Waals surface area contributed by atoms with Gasteiger partial charge < -0.3 is 34.0 Å². The Labute approximate surface area is 198 Å². The van der Waals surface area contributed by atoms with Gasteiger partial charge in [-0.1, -0.05) is 0 Å². The minimum absolute atomic E-state index is 0.00372. The van der Waals surface area contributed by atoms with Gasteiger partial charge in [0.25, 0.3) is 0 Å². The topological polar surface area (TPSA) is 101 Å². The molecule has 0 saturated carbocycles.